The maximum Gasteiger partial charge on any atom is 0.293 e. The standard InChI is InChI=1S/C20H21N5O3/c26-20-15-10-19(25(27)28)17(11-16(15)22-13-23-20)21-12-14-6-2-3-7-18(14)24-8-4-1-5-9-24/h2-3,6-7,10-11,13,21H,1,4-5,8-9,12H2,(H,22,23,26). The number of nitrogens with zero attached hydrogens (tertiary/aromatic N) is 3. The second-order valence-electron chi connectivity index (χ2n) is 6.91. The molecule has 2 aromatic carbocycles. The molecule has 0 radical (unpaired) electrons. The Morgan fingerprint density at radius 2 is 1.96 bits per heavy atom. The number of para-hydroxylation sites is 1. The van der Waals surface area contributed by atoms with Gasteiger partial charge in [0.05, 0.1) is 22.2 Å². The maximum absolute atomic E-state index is 11.9. The maximum atomic E-state index is 11.9. The second kappa shape index (κ2) is 7.67. The molecule has 3 aromatic rings. The van der Waals surface area contributed by atoms with E-state index < -0.39 is 10.5 Å². The first-order valence-corrected chi connectivity index (χ1v) is 9.36. The van der Waals surface area contributed by atoms with Crippen LogP contribution in [0.2, 0.25) is 0 Å². The van der Waals surface area contributed by atoms with E-state index in [1.54, 1.807) is 6.07 Å². The van der Waals surface area contributed by atoms with Gasteiger partial charge in [-0.3, -0.25) is 14.9 Å². The Morgan fingerprint density at radius 3 is 2.75 bits per heavy atom. The predicted octanol–water partition coefficient (Wildman–Crippen LogP) is 3.43. The van der Waals surface area contributed by atoms with Crippen molar-refractivity contribution in [2.45, 2.75) is 25.8 Å². The third-order valence-corrected chi connectivity index (χ3v) is 5.11. The van der Waals surface area contributed by atoms with Gasteiger partial charge in [0.15, 0.2) is 0 Å². The summed E-state index contributed by atoms with van der Waals surface area (Å²) in [5.74, 6) is 0. The third kappa shape index (κ3) is 3.53. The summed E-state index contributed by atoms with van der Waals surface area (Å²) >= 11 is 0. The number of aromatic amines is 1. The molecule has 144 valence electrons. The number of benzene rings is 2. The zero-order valence-electron chi connectivity index (χ0n) is 15.4. The lowest BCUT2D eigenvalue weighted by atomic mass is 10.1. The Morgan fingerprint density at radius 1 is 1.18 bits per heavy atom. The fourth-order valence-corrected chi connectivity index (χ4v) is 3.69. The molecule has 0 aliphatic carbocycles. The monoisotopic (exact) mass is 379 g/mol. The molecular weight excluding hydrogens is 358 g/mol. The highest BCUT2D eigenvalue weighted by Crippen LogP contribution is 2.30. The molecule has 0 spiro atoms. The van der Waals surface area contributed by atoms with Gasteiger partial charge in [-0.1, -0.05) is 18.2 Å². The van der Waals surface area contributed by atoms with E-state index in [1.807, 2.05) is 18.2 Å². The molecule has 28 heavy (non-hydrogen) atoms. The zero-order valence-corrected chi connectivity index (χ0v) is 15.4. The third-order valence-electron chi connectivity index (χ3n) is 5.11. The van der Waals surface area contributed by atoms with Gasteiger partial charge in [-0.2, -0.15) is 0 Å². The van der Waals surface area contributed by atoms with Gasteiger partial charge in [-0.25, -0.2) is 4.98 Å². The van der Waals surface area contributed by atoms with Crippen molar-refractivity contribution in [3.05, 3.63) is 68.8 Å². The topological polar surface area (TPSA) is 104 Å². The first-order chi connectivity index (χ1) is 13.6. The molecule has 4 rings (SSSR count). The van der Waals surface area contributed by atoms with E-state index in [0.29, 0.717) is 17.7 Å². The Hall–Kier alpha value is -3.42. The van der Waals surface area contributed by atoms with E-state index in [-0.39, 0.29) is 11.1 Å². The molecule has 0 saturated carbocycles. The van der Waals surface area contributed by atoms with E-state index in [0.717, 1.165) is 24.3 Å². The second-order valence-corrected chi connectivity index (χ2v) is 6.91. The van der Waals surface area contributed by atoms with Crippen molar-refractivity contribution in [3.8, 4) is 0 Å². The molecule has 0 unspecified atom stereocenters. The average Bonchev–Trinajstić information content (AvgIpc) is 2.72. The minimum atomic E-state index is -0.481. The van der Waals surface area contributed by atoms with Gasteiger partial charge in [0.25, 0.3) is 11.2 Å². The fraction of sp³-hybridized carbons (Fsp3) is 0.300. The van der Waals surface area contributed by atoms with Crippen LogP contribution in [0, 0.1) is 10.1 Å². The van der Waals surface area contributed by atoms with Gasteiger partial charge in [0, 0.05) is 31.4 Å². The molecule has 1 aromatic heterocycles. The van der Waals surface area contributed by atoms with Gasteiger partial charge >= 0.3 is 0 Å². The highest BCUT2D eigenvalue weighted by atomic mass is 16.6. The largest absolute Gasteiger partial charge is 0.375 e. The van der Waals surface area contributed by atoms with Gasteiger partial charge in [-0.05, 0) is 37.0 Å². The molecular formula is C20H21N5O3. The summed E-state index contributed by atoms with van der Waals surface area (Å²) in [5.41, 5.74) is 2.48. The van der Waals surface area contributed by atoms with Crippen molar-refractivity contribution < 1.29 is 4.92 Å². The van der Waals surface area contributed by atoms with Crippen molar-refractivity contribution in [2.24, 2.45) is 0 Å². The van der Waals surface area contributed by atoms with Crippen molar-refractivity contribution >= 4 is 28.0 Å². The molecule has 1 fully saturated rings. The summed E-state index contributed by atoms with van der Waals surface area (Å²) in [6.45, 7) is 2.50. The zero-order chi connectivity index (χ0) is 19.5. The molecule has 2 N–H and O–H groups in total. The first kappa shape index (κ1) is 18.0. The van der Waals surface area contributed by atoms with Crippen molar-refractivity contribution in [3.63, 3.8) is 0 Å². The van der Waals surface area contributed by atoms with E-state index >= 15 is 0 Å². The van der Waals surface area contributed by atoms with Crippen LogP contribution in [-0.2, 0) is 6.54 Å². The summed E-state index contributed by atoms with van der Waals surface area (Å²) in [5, 5.41) is 14.9. The van der Waals surface area contributed by atoms with E-state index in [9.17, 15) is 14.9 Å². The SMILES string of the molecule is O=c1[nH]cnc2cc(NCc3ccccc3N3CCCCC3)c([N+](=O)[O-])cc12. The minimum absolute atomic E-state index is 0.138. The quantitative estimate of drug-likeness (QED) is 0.520. The predicted molar refractivity (Wildman–Crippen MR) is 109 cm³/mol. The van der Waals surface area contributed by atoms with Gasteiger partial charge in [0.2, 0.25) is 0 Å². The number of nitrogens with one attached hydrogen (secondary N) is 2. The molecule has 1 aliphatic rings. The number of hydrogen-bond donors (Lipinski definition) is 2. The van der Waals surface area contributed by atoms with Crippen LogP contribution in [-0.4, -0.2) is 28.0 Å². The summed E-state index contributed by atoms with van der Waals surface area (Å²) in [7, 11) is 0. The Kier molecular flexibility index (Phi) is 4.92. The van der Waals surface area contributed by atoms with Gasteiger partial charge in [0.1, 0.15) is 5.69 Å². The number of aromatic nitrogens is 2. The Balaban J connectivity index is 1.65. The van der Waals surface area contributed by atoms with Gasteiger partial charge < -0.3 is 15.2 Å². The summed E-state index contributed by atoms with van der Waals surface area (Å²) in [6.07, 6.45) is 4.91. The molecule has 0 atom stereocenters. The fourth-order valence-electron chi connectivity index (χ4n) is 3.69. The number of H-pyrrole nitrogens is 1. The minimum Gasteiger partial charge on any atom is -0.375 e. The molecule has 0 bridgehead atoms. The van der Waals surface area contributed by atoms with E-state index in [1.165, 1.54) is 31.7 Å². The van der Waals surface area contributed by atoms with Crippen LogP contribution in [0.25, 0.3) is 10.9 Å². The van der Waals surface area contributed by atoms with Gasteiger partial charge in [-0.15, -0.1) is 0 Å². The van der Waals surface area contributed by atoms with Crippen LogP contribution in [0.15, 0.2) is 47.5 Å². The van der Waals surface area contributed by atoms with Crippen LogP contribution in [0.4, 0.5) is 17.1 Å². The number of fused-ring (bicyclic) bond motifs is 1. The molecule has 1 saturated heterocycles. The lowest BCUT2D eigenvalue weighted by molar-refractivity contribution is -0.383. The van der Waals surface area contributed by atoms with Crippen LogP contribution >= 0.6 is 0 Å². The van der Waals surface area contributed by atoms with Crippen LogP contribution in [0.5, 0.6) is 0 Å². The molecule has 1 aliphatic heterocycles. The molecule has 0 amide bonds. The summed E-state index contributed by atoms with van der Waals surface area (Å²) < 4.78 is 0. The summed E-state index contributed by atoms with van der Waals surface area (Å²) in [6, 6.07) is 11.0. The Bertz CT molecular complexity index is 1070. The molecule has 8 nitrogen and oxygen atoms in total. The summed E-state index contributed by atoms with van der Waals surface area (Å²) in [4.78, 5) is 31.9. The van der Waals surface area contributed by atoms with E-state index in [2.05, 4.69) is 26.3 Å². The number of nitro benzene ring substituents is 1. The molecule has 8 heteroatoms. The van der Waals surface area contributed by atoms with E-state index in [4.69, 9.17) is 0 Å². The smallest absolute Gasteiger partial charge is 0.293 e. The Labute approximate surface area is 161 Å². The van der Waals surface area contributed by atoms with Crippen LogP contribution < -0.4 is 15.8 Å². The first-order valence-electron chi connectivity index (χ1n) is 9.36. The average molecular weight is 379 g/mol. The number of piperidine rings is 1. The number of rotatable bonds is 5. The van der Waals surface area contributed by atoms with Crippen molar-refractivity contribution in [2.75, 3.05) is 23.3 Å². The highest BCUT2D eigenvalue weighted by Gasteiger charge is 2.18. The normalized spacial score (nSPS) is 14.2. The number of anilines is 2. The lowest BCUT2D eigenvalue weighted by Crippen LogP contribution is -2.30. The number of hydrogen-bond acceptors (Lipinski definition) is 6. The number of nitro groups is 1. The van der Waals surface area contributed by atoms with Crippen molar-refractivity contribution in [1.29, 1.82) is 0 Å². The highest BCUT2D eigenvalue weighted by molar-refractivity contribution is 5.86. The van der Waals surface area contributed by atoms with Crippen molar-refractivity contribution in [1.82, 2.24) is 9.97 Å². The lowest BCUT2D eigenvalue weighted by Gasteiger charge is -2.30. The van der Waals surface area contributed by atoms with Crippen LogP contribution in [0.3, 0.4) is 0 Å². The van der Waals surface area contributed by atoms with Crippen LogP contribution in [0.1, 0.15) is 24.8 Å². The molecule has 2 heterocycles.